The molecule has 9 heteroatoms. The summed E-state index contributed by atoms with van der Waals surface area (Å²) in [4.78, 5) is 15.4. The van der Waals surface area contributed by atoms with Crippen LogP contribution in [0.25, 0.3) is 5.65 Å². The zero-order valence-corrected chi connectivity index (χ0v) is 13.3. The number of aryl methyl sites for hydroxylation is 1. The van der Waals surface area contributed by atoms with Crippen molar-refractivity contribution < 1.29 is 32.2 Å². The summed E-state index contributed by atoms with van der Waals surface area (Å²) in [5.74, 6) is -3.26. The first-order valence-electron chi connectivity index (χ1n) is 7.39. The molecular formula is C17H12F4N2O3. The van der Waals surface area contributed by atoms with E-state index in [2.05, 4.69) is 4.98 Å². The standard InChI is InChI=1S/C17H12F4N2O3/c1-8-14(17(24)25)23-6-9(15(20)21)5-13(16(23)22-8)26-7-10-11(18)3-2-4-12(10)19/h2-6,15H,7H2,1H3,(H,24,25). The number of alkyl halides is 2. The highest BCUT2D eigenvalue weighted by Gasteiger charge is 2.22. The van der Waals surface area contributed by atoms with Gasteiger partial charge < -0.3 is 9.84 Å². The summed E-state index contributed by atoms with van der Waals surface area (Å²) >= 11 is 0. The molecule has 0 atom stereocenters. The fourth-order valence-electron chi connectivity index (χ4n) is 2.55. The lowest BCUT2D eigenvalue weighted by Gasteiger charge is -2.11. The topological polar surface area (TPSA) is 63.8 Å². The highest BCUT2D eigenvalue weighted by Crippen LogP contribution is 2.30. The van der Waals surface area contributed by atoms with Gasteiger partial charge in [-0.2, -0.15) is 0 Å². The molecule has 1 aromatic carbocycles. The first-order chi connectivity index (χ1) is 12.3. The number of aromatic nitrogens is 2. The van der Waals surface area contributed by atoms with Crippen LogP contribution in [-0.4, -0.2) is 20.5 Å². The average molecular weight is 368 g/mol. The first-order valence-corrected chi connectivity index (χ1v) is 7.39. The monoisotopic (exact) mass is 368 g/mol. The van der Waals surface area contributed by atoms with Gasteiger partial charge in [-0.15, -0.1) is 0 Å². The zero-order valence-electron chi connectivity index (χ0n) is 13.3. The molecule has 5 nitrogen and oxygen atoms in total. The molecule has 2 heterocycles. The number of fused-ring (bicyclic) bond motifs is 1. The summed E-state index contributed by atoms with van der Waals surface area (Å²) in [6.45, 7) is 0.827. The van der Waals surface area contributed by atoms with Crippen molar-refractivity contribution in [2.45, 2.75) is 20.0 Å². The molecule has 0 bridgehead atoms. The van der Waals surface area contributed by atoms with Crippen LogP contribution in [0.3, 0.4) is 0 Å². The van der Waals surface area contributed by atoms with Crippen molar-refractivity contribution in [2.75, 3.05) is 0 Å². The Morgan fingerprint density at radius 2 is 1.96 bits per heavy atom. The van der Waals surface area contributed by atoms with E-state index >= 15 is 0 Å². The second-order valence-corrected chi connectivity index (χ2v) is 5.47. The second-order valence-electron chi connectivity index (χ2n) is 5.47. The van der Waals surface area contributed by atoms with Crippen LogP contribution in [0, 0.1) is 18.6 Å². The van der Waals surface area contributed by atoms with E-state index in [0.717, 1.165) is 28.8 Å². The molecule has 0 radical (unpaired) electrons. The van der Waals surface area contributed by atoms with Crippen LogP contribution < -0.4 is 4.74 Å². The number of rotatable bonds is 5. The Kier molecular flexibility index (Phi) is 4.54. The van der Waals surface area contributed by atoms with Gasteiger partial charge in [0.2, 0.25) is 0 Å². The molecule has 0 amide bonds. The second kappa shape index (κ2) is 6.66. The average Bonchev–Trinajstić information content (AvgIpc) is 2.90. The number of halogens is 4. The molecule has 136 valence electrons. The molecule has 1 N–H and O–H groups in total. The molecule has 0 aliphatic heterocycles. The van der Waals surface area contributed by atoms with Gasteiger partial charge in [0.1, 0.15) is 18.2 Å². The van der Waals surface area contributed by atoms with Crippen LogP contribution >= 0.6 is 0 Å². The maximum absolute atomic E-state index is 13.7. The summed E-state index contributed by atoms with van der Waals surface area (Å²) in [7, 11) is 0. The minimum absolute atomic E-state index is 0.0407. The van der Waals surface area contributed by atoms with Gasteiger partial charge in [-0.1, -0.05) is 6.07 Å². The van der Waals surface area contributed by atoms with Crippen molar-refractivity contribution in [1.29, 1.82) is 0 Å². The quantitative estimate of drug-likeness (QED) is 0.688. The van der Waals surface area contributed by atoms with Crippen molar-refractivity contribution in [3.63, 3.8) is 0 Å². The number of ether oxygens (including phenoxy) is 1. The third-order valence-electron chi connectivity index (χ3n) is 3.77. The minimum atomic E-state index is -2.91. The largest absolute Gasteiger partial charge is 0.485 e. The summed E-state index contributed by atoms with van der Waals surface area (Å²) in [5.41, 5.74) is -1.15. The molecular weight excluding hydrogens is 356 g/mol. The van der Waals surface area contributed by atoms with Crippen LogP contribution in [0.4, 0.5) is 17.6 Å². The van der Waals surface area contributed by atoms with Crippen LogP contribution in [0.5, 0.6) is 5.75 Å². The predicted octanol–water partition coefficient (Wildman–Crippen LogP) is 4.14. The molecule has 0 aliphatic carbocycles. The smallest absolute Gasteiger partial charge is 0.354 e. The Morgan fingerprint density at radius 1 is 1.31 bits per heavy atom. The van der Waals surface area contributed by atoms with E-state index in [1.54, 1.807) is 0 Å². The van der Waals surface area contributed by atoms with Gasteiger partial charge >= 0.3 is 5.97 Å². The molecule has 26 heavy (non-hydrogen) atoms. The number of pyridine rings is 1. The number of nitrogens with zero attached hydrogens (tertiary/aromatic N) is 2. The van der Waals surface area contributed by atoms with E-state index in [9.17, 15) is 27.5 Å². The van der Waals surface area contributed by atoms with Gasteiger partial charge in [0.15, 0.2) is 17.1 Å². The number of imidazole rings is 1. The SMILES string of the molecule is Cc1nc2c(OCc3c(F)cccc3F)cc(C(F)F)cn2c1C(=O)O. The van der Waals surface area contributed by atoms with Crippen LogP contribution in [0.15, 0.2) is 30.5 Å². The van der Waals surface area contributed by atoms with Crippen molar-refractivity contribution >= 4 is 11.6 Å². The molecule has 0 spiro atoms. The van der Waals surface area contributed by atoms with Crippen LogP contribution in [0.2, 0.25) is 0 Å². The Morgan fingerprint density at radius 3 is 2.54 bits per heavy atom. The molecule has 0 saturated heterocycles. The summed E-state index contributed by atoms with van der Waals surface area (Å²) in [5, 5.41) is 9.27. The Balaban J connectivity index is 2.10. The molecule has 3 aromatic rings. The predicted molar refractivity (Wildman–Crippen MR) is 82.5 cm³/mol. The first kappa shape index (κ1) is 17.7. The highest BCUT2D eigenvalue weighted by atomic mass is 19.3. The summed E-state index contributed by atoms with van der Waals surface area (Å²) in [6.07, 6.45) is -1.96. The van der Waals surface area contributed by atoms with Gasteiger partial charge in [0, 0.05) is 11.8 Å². The molecule has 0 fully saturated rings. The molecule has 0 unspecified atom stereocenters. The Hall–Kier alpha value is -3.10. The molecule has 3 rings (SSSR count). The van der Waals surface area contributed by atoms with Crippen molar-refractivity contribution in [1.82, 2.24) is 9.38 Å². The van der Waals surface area contributed by atoms with Crippen LogP contribution in [-0.2, 0) is 6.61 Å². The van der Waals surface area contributed by atoms with Crippen molar-refractivity contribution in [3.05, 3.63) is 64.6 Å². The zero-order chi connectivity index (χ0) is 19.0. The van der Waals surface area contributed by atoms with E-state index in [1.165, 1.54) is 13.0 Å². The molecule has 2 aromatic heterocycles. The van der Waals surface area contributed by atoms with Gasteiger partial charge in [0.05, 0.1) is 11.3 Å². The van der Waals surface area contributed by atoms with Crippen molar-refractivity contribution in [3.8, 4) is 5.75 Å². The lowest BCUT2D eigenvalue weighted by Crippen LogP contribution is -2.07. The fraction of sp³-hybridized carbons (Fsp3) is 0.176. The van der Waals surface area contributed by atoms with E-state index < -0.39 is 36.2 Å². The number of benzene rings is 1. The summed E-state index contributed by atoms with van der Waals surface area (Å²) in [6, 6.07) is 4.22. The van der Waals surface area contributed by atoms with Gasteiger partial charge in [-0.3, -0.25) is 4.40 Å². The van der Waals surface area contributed by atoms with E-state index in [-0.39, 0.29) is 28.3 Å². The minimum Gasteiger partial charge on any atom is -0.485 e. The Bertz CT molecular complexity index is 981. The third-order valence-corrected chi connectivity index (χ3v) is 3.77. The lowest BCUT2D eigenvalue weighted by atomic mass is 10.2. The number of hydrogen-bond acceptors (Lipinski definition) is 3. The fourth-order valence-corrected chi connectivity index (χ4v) is 2.55. The molecule has 0 saturated carbocycles. The van der Waals surface area contributed by atoms with E-state index in [0.29, 0.717) is 0 Å². The number of carbonyl (C=O) groups is 1. The molecule has 0 aliphatic rings. The lowest BCUT2D eigenvalue weighted by molar-refractivity contribution is 0.0688. The summed E-state index contributed by atoms with van der Waals surface area (Å²) < 4.78 is 60.0. The third kappa shape index (κ3) is 3.07. The number of hydrogen-bond donors (Lipinski definition) is 1. The van der Waals surface area contributed by atoms with Crippen LogP contribution in [0.1, 0.15) is 33.7 Å². The number of aromatic carboxylic acids is 1. The van der Waals surface area contributed by atoms with Gasteiger partial charge in [-0.25, -0.2) is 27.3 Å². The van der Waals surface area contributed by atoms with E-state index in [1.807, 2.05) is 0 Å². The number of carboxylic acid groups (broad SMARTS) is 1. The number of carboxylic acids is 1. The normalized spacial score (nSPS) is 11.3. The van der Waals surface area contributed by atoms with Gasteiger partial charge in [0.25, 0.3) is 6.43 Å². The van der Waals surface area contributed by atoms with Gasteiger partial charge in [-0.05, 0) is 25.1 Å². The highest BCUT2D eigenvalue weighted by molar-refractivity contribution is 5.88. The maximum atomic E-state index is 13.7. The Labute approximate surface area is 144 Å². The van der Waals surface area contributed by atoms with Crippen molar-refractivity contribution in [2.24, 2.45) is 0 Å². The van der Waals surface area contributed by atoms with E-state index in [4.69, 9.17) is 4.74 Å². The maximum Gasteiger partial charge on any atom is 0.354 e.